The Morgan fingerprint density at radius 3 is 2.61 bits per heavy atom. The number of ether oxygens (including phenoxy) is 1. The van der Waals surface area contributed by atoms with Crippen molar-refractivity contribution < 1.29 is 4.74 Å². The van der Waals surface area contributed by atoms with Crippen molar-refractivity contribution in [2.45, 2.75) is 70.5 Å². The molecule has 1 heteroatoms. The Kier molecular flexibility index (Phi) is 8.58. The molecular weight excluding hydrogens is 220 g/mol. The van der Waals surface area contributed by atoms with Gasteiger partial charge in [-0.3, -0.25) is 0 Å². The second-order valence-corrected chi connectivity index (χ2v) is 4.96. The molecule has 1 saturated heterocycles. The monoisotopic (exact) mass is 248 g/mol. The standard InChI is InChI=1S/C17H28O/c1-3-5-7-9-11-13-15-17-16(18-17)14-12-10-8-6-4-2/h4-5,7,11,13,16-17H,2-3,6,8-10,12,14-15H2,1H3/b7-5+,13-11+/t16-,17-/m1/s1. The van der Waals surface area contributed by atoms with Gasteiger partial charge in [0.1, 0.15) is 0 Å². The van der Waals surface area contributed by atoms with Crippen molar-refractivity contribution in [1.82, 2.24) is 0 Å². The lowest BCUT2D eigenvalue weighted by atomic mass is 10.1. The van der Waals surface area contributed by atoms with Gasteiger partial charge in [0.2, 0.25) is 0 Å². The Morgan fingerprint density at radius 1 is 1.00 bits per heavy atom. The van der Waals surface area contributed by atoms with Gasteiger partial charge in [0, 0.05) is 0 Å². The molecule has 0 amide bonds. The van der Waals surface area contributed by atoms with E-state index in [1.54, 1.807) is 0 Å². The fraction of sp³-hybridized carbons (Fsp3) is 0.647. The zero-order valence-corrected chi connectivity index (χ0v) is 11.8. The zero-order chi connectivity index (χ0) is 13.1. The lowest BCUT2D eigenvalue weighted by Crippen LogP contribution is -1.92. The summed E-state index contributed by atoms with van der Waals surface area (Å²) >= 11 is 0. The third kappa shape index (κ3) is 7.50. The Labute approximate surface area is 113 Å². The van der Waals surface area contributed by atoms with Gasteiger partial charge in [0.25, 0.3) is 0 Å². The van der Waals surface area contributed by atoms with Gasteiger partial charge in [-0.05, 0) is 38.5 Å². The maximum atomic E-state index is 5.66. The first-order valence-electron chi connectivity index (χ1n) is 7.44. The van der Waals surface area contributed by atoms with Crippen LogP contribution in [0.15, 0.2) is 37.0 Å². The van der Waals surface area contributed by atoms with Gasteiger partial charge in [-0.25, -0.2) is 0 Å². The first-order chi connectivity index (χ1) is 8.88. The second-order valence-electron chi connectivity index (χ2n) is 4.96. The van der Waals surface area contributed by atoms with Crippen LogP contribution in [0.4, 0.5) is 0 Å². The van der Waals surface area contributed by atoms with Crippen LogP contribution in [-0.4, -0.2) is 12.2 Å². The van der Waals surface area contributed by atoms with E-state index >= 15 is 0 Å². The summed E-state index contributed by atoms with van der Waals surface area (Å²) in [5.74, 6) is 0. The molecule has 2 atom stereocenters. The summed E-state index contributed by atoms with van der Waals surface area (Å²) in [6, 6.07) is 0. The number of rotatable bonds is 11. The molecule has 18 heavy (non-hydrogen) atoms. The smallest absolute Gasteiger partial charge is 0.0876 e. The van der Waals surface area contributed by atoms with Crippen LogP contribution < -0.4 is 0 Å². The average molecular weight is 248 g/mol. The molecular formula is C17H28O. The van der Waals surface area contributed by atoms with Crippen LogP contribution >= 0.6 is 0 Å². The highest BCUT2D eigenvalue weighted by atomic mass is 16.6. The van der Waals surface area contributed by atoms with Crippen molar-refractivity contribution in [1.29, 1.82) is 0 Å². The fourth-order valence-corrected chi connectivity index (χ4v) is 2.12. The quantitative estimate of drug-likeness (QED) is 0.278. The van der Waals surface area contributed by atoms with Crippen LogP contribution in [0.5, 0.6) is 0 Å². The third-order valence-corrected chi connectivity index (χ3v) is 3.29. The van der Waals surface area contributed by atoms with Gasteiger partial charge in [-0.2, -0.15) is 0 Å². The minimum absolute atomic E-state index is 0.510. The van der Waals surface area contributed by atoms with Gasteiger partial charge in [0.05, 0.1) is 12.2 Å². The summed E-state index contributed by atoms with van der Waals surface area (Å²) in [4.78, 5) is 0. The number of epoxide rings is 1. The highest BCUT2D eigenvalue weighted by Crippen LogP contribution is 2.30. The van der Waals surface area contributed by atoms with Crippen LogP contribution in [0.3, 0.4) is 0 Å². The molecule has 1 aliphatic heterocycles. The Morgan fingerprint density at radius 2 is 1.83 bits per heavy atom. The molecule has 0 radical (unpaired) electrons. The molecule has 0 aromatic rings. The van der Waals surface area contributed by atoms with E-state index < -0.39 is 0 Å². The van der Waals surface area contributed by atoms with Crippen molar-refractivity contribution in [2.24, 2.45) is 0 Å². The Hall–Kier alpha value is -0.820. The van der Waals surface area contributed by atoms with E-state index in [9.17, 15) is 0 Å². The van der Waals surface area contributed by atoms with Crippen LogP contribution in [0, 0.1) is 0 Å². The molecule has 0 spiro atoms. The minimum Gasteiger partial charge on any atom is -0.369 e. The molecule has 0 unspecified atom stereocenters. The second kappa shape index (κ2) is 10.1. The molecule has 1 rings (SSSR count). The number of allylic oxidation sites excluding steroid dienone is 4. The van der Waals surface area contributed by atoms with Crippen molar-refractivity contribution >= 4 is 0 Å². The van der Waals surface area contributed by atoms with E-state index in [0.29, 0.717) is 12.2 Å². The average Bonchev–Trinajstić information content (AvgIpc) is 3.12. The molecule has 102 valence electrons. The van der Waals surface area contributed by atoms with E-state index in [1.807, 2.05) is 6.08 Å². The molecule has 0 aromatic carbocycles. The van der Waals surface area contributed by atoms with Crippen molar-refractivity contribution in [3.05, 3.63) is 37.0 Å². The van der Waals surface area contributed by atoms with Crippen molar-refractivity contribution in [2.75, 3.05) is 0 Å². The van der Waals surface area contributed by atoms with Gasteiger partial charge >= 0.3 is 0 Å². The van der Waals surface area contributed by atoms with Crippen LogP contribution in [0.2, 0.25) is 0 Å². The number of hydrogen-bond acceptors (Lipinski definition) is 1. The third-order valence-electron chi connectivity index (χ3n) is 3.29. The molecule has 0 bridgehead atoms. The lowest BCUT2D eigenvalue weighted by molar-refractivity contribution is 0.359. The maximum Gasteiger partial charge on any atom is 0.0876 e. The molecule has 1 aliphatic rings. The molecule has 1 heterocycles. The molecule has 1 nitrogen and oxygen atoms in total. The molecule has 0 aromatic heterocycles. The lowest BCUT2D eigenvalue weighted by Gasteiger charge is -1.95. The van der Waals surface area contributed by atoms with E-state index in [0.717, 1.165) is 25.7 Å². The highest BCUT2D eigenvalue weighted by Gasteiger charge is 2.36. The fourth-order valence-electron chi connectivity index (χ4n) is 2.12. The summed E-state index contributed by atoms with van der Waals surface area (Å²) in [5.41, 5.74) is 0. The Balaban J connectivity index is 1.90. The summed E-state index contributed by atoms with van der Waals surface area (Å²) in [7, 11) is 0. The number of hydrogen-bond donors (Lipinski definition) is 0. The predicted molar refractivity (Wildman–Crippen MR) is 79.7 cm³/mol. The maximum absolute atomic E-state index is 5.66. The first kappa shape index (κ1) is 15.2. The largest absolute Gasteiger partial charge is 0.369 e. The molecule has 0 aliphatic carbocycles. The SMILES string of the molecule is C=CCCCCC[C@H]1O[C@@H]1C/C=C/C/C=C/CC. The van der Waals surface area contributed by atoms with Crippen molar-refractivity contribution in [3.8, 4) is 0 Å². The summed E-state index contributed by atoms with van der Waals surface area (Å²) in [6.07, 6.45) is 21.6. The highest BCUT2D eigenvalue weighted by molar-refractivity contribution is 4.97. The first-order valence-corrected chi connectivity index (χ1v) is 7.44. The molecule has 0 saturated carbocycles. The van der Waals surface area contributed by atoms with Gasteiger partial charge < -0.3 is 4.74 Å². The van der Waals surface area contributed by atoms with Crippen LogP contribution in [0.25, 0.3) is 0 Å². The van der Waals surface area contributed by atoms with Crippen LogP contribution in [0.1, 0.15) is 58.3 Å². The molecule has 0 N–H and O–H groups in total. The molecule has 1 fully saturated rings. The van der Waals surface area contributed by atoms with Gasteiger partial charge in [-0.15, -0.1) is 6.58 Å². The van der Waals surface area contributed by atoms with Gasteiger partial charge in [0.15, 0.2) is 0 Å². The topological polar surface area (TPSA) is 12.5 Å². The zero-order valence-electron chi connectivity index (χ0n) is 11.8. The predicted octanol–water partition coefficient (Wildman–Crippen LogP) is 5.19. The summed E-state index contributed by atoms with van der Waals surface area (Å²) in [5, 5.41) is 0. The van der Waals surface area contributed by atoms with E-state index in [1.165, 1.54) is 25.7 Å². The Bertz CT molecular complexity index is 265. The normalized spacial score (nSPS) is 22.9. The van der Waals surface area contributed by atoms with E-state index in [4.69, 9.17) is 4.74 Å². The summed E-state index contributed by atoms with van der Waals surface area (Å²) < 4.78 is 5.66. The minimum atomic E-state index is 0.510. The van der Waals surface area contributed by atoms with Crippen molar-refractivity contribution in [3.63, 3.8) is 0 Å². The number of unbranched alkanes of at least 4 members (excludes halogenated alkanes) is 3. The van der Waals surface area contributed by atoms with E-state index in [2.05, 4.69) is 37.8 Å². The van der Waals surface area contributed by atoms with E-state index in [-0.39, 0.29) is 0 Å². The van der Waals surface area contributed by atoms with Gasteiger partial charge in [-0.1, -0.05) is 50.1 Å². The van der Waals surface area contributed by atoms with Crippen LogP contribution in [-0.2, 0) is 4.74 Å². The summed E-state index contributed by atoms with van der Waals surface area (Å²) in [6.45, 7) is 5.91.